The Morgan fingerprint density at radius 1 is 1.29 bits per heavy atom. The number of aromatic nitrogens is 1. The minimum Gasteiger partial charge on any atom is -0.312 e. The van der Waals surface area contributed by atoms with E-state index in [2.05, 4.69) is 4.98 Å². The number of rotatable bonds is 3. The van der Waals surface area contributed by atoms with Crippen LogP contribution >= 0.6 is 0 Å². The van der Waals surface area contributed by atoms with Crippen molar-refractivity contribution in [3.63, 3.8) is 0 Å². The molecule has 1 amide bonds. The second-order valence-electron chi connectivity index (χ2n) is 6.16. The Balaban J connectivity index is 1.93. The van der Waals surface area contributed by atoms with E-state index in [0.29, 0.717) is 11.4 Å². The van der Waals surface area contributed by atoms with Crippen LogP contribution < -0.4 is 4.90 Å². The molecule has 0 N–H and O–H groups in total. The number of fused-ring (bicyclic) bond motifs is 1. The number of carbonyl (C=O) groups is 1. The Hall–Kier alpha value is -2.21. The zero-order chi connectivity index (χ0) is 17.3. The molecule has 3 rings (SSSR count). The van der Waals surface area contributed by atoms with Crippen LogP contribution in [-0.4, -0.2) is 32.1 Å². The zero-order valence-electron chi connectivity index (χ0n) is 13.8. The van der Waals surface area contributed by atoms with E-state index >= 15 is 0 Å². The van der Waals surface area contributed by atoms with Crippen molar-refractivity contribution in [2.75, 3.05) is 17.7 Å². The lowest BCUT2D eigenvalue weighted by Crippen LogP contribution is -2.38. The van der Waals surface area contributed by atoms with Crippen LogP contribution in [0.2, 0.25) is 0 Å². The number of aryl methyl sites for hydroxylation is 1. The van der Waals surface area contributed by atoms with Crippen molar-refractivity contribution in [2.45, 2.75) is 30.6 Å². The molecule has 0 saturated carbocycles. The lowest BCUT2D eigenvalue weighted by Gasteiger charge is -2.32. The van der Waals surface area contributed by atoms with E-state index in [-0.39, 0.29) is 11.8 Å². The molecule has 5 nitrogen and oxygen atoms in total. The minimum atomic E-state index is -3.25. The maximum Gasteiger partial charge on any atom is 0.234 e. The fourth-order valence-corrected chi connectivity index (χ4v) is 3.71. The summed E-state index contributed by atoms with van der Waals surface area (Å²) >= 11 is 0. The van der Waals surface area contributed by atoms with Crippen molar-refractivity contribution in [3.05, 3.63) is 53.9 Å². The average Bonchev–Trinajstić information content (AvgIpc) is 2.59. The standard InChI is InChI=1S/C18H20N2O3S/c1-13(15-5-3-9-19-12-15)18(21)20-10-4-6-14-11-16(24(2,22)23)7-8-17(14)20/h3,5,7-9,11-13H,4,6,10H2,1-2H3. The first-order valence-electron chi connectivity index (χ1n) is 7.92. The lowest BCUT2D eigenvalue weighted by atomic mass is 9.97. The highest BCUT2D eigenvalue weighted by Gasteiger charge is 2.28. The van der Waals surface area contributed by atoms with Gasteiger partial charge in [0.05, 0.1) is 10.8 Å². The molecule has 0 radical (unpaired) electrons. The highest BCUT2D eigenvalue weighted by atomic mass is 32.2. The molecule has 0 bridgehead atoms. The molecule has 0 aliphatic carbocycles. The van der Waals surface area contributed by atoms with Crippen molar-refractivity contribution >= 4 is 21.4 Å². The van der Waals surface area contributed by atoms with Gasteiger partial charge in [0.1, 0.15) is 0 Å². The number of hydrogen-bond donors (Lipinski definition) is 0. The quantitative estimate of drug-likeness (QED) is 0.858. The highest BCUT2D eigenvalue weighted by Crippen LogP contribution is 2.32. The average molecular weight is 344 g/mol. The van der Waals surface area contributed by atoms with Gasteiger partial charge in [-0.1, -0.05) is 6.07 Å². The summed E-state index contributed by atoms with van der Waals surface area (Å²) in [5, 5.41) is 0. The van der Waals surface area contributed by atoms with E-state index in [1.54, 1.807) is 35.5 Å². The van der Waals surface area contributed by atoms with E-state index in [0.717, 1.165) is 29.7 Å². The Morgan fingerprint density at radius 3 is 2.75 bits per heavy atom. The van der Waals surface area contributed by atoms with Gasteiger partial charge in [-0.2, -0.15) is 0 Å². The molecule has 24 heavy (non-hydrogen) atoms. The second-order valence-corrected chi connectivity index (χ2v) is 8.18. The van der Waals surface area contributed by atoms with Gasteiger partial charge in [0.25, 0.3) is 0 Å². The summed E-state index contributed by atoms with van der Waals surface area (Å²) in [5.41, 5.74) is 2.60. The van der Waals surface area contributed by atoms with Gasteiger partial charge in [0.15, 0.2) is 9.84 Å². The maximum absolute atomic E-state index is 12.9. The van der Waals surface area contributed by atoms with Crippen LogP contribution in [0.15, 0.2) is 47.6 Å². The number of amides is 1. The third-order valence-electron chi connectivity index (χ3n) is 4.42. The van der Waals surface area contributed by atoms with E-state index < -0.39 is 9.84 Å². The molecule has 1 aliphatic rings. The summed E-state index contributed by atoms with van der Waals surface area (Å²) in [4.78, 5) is 19.1. The summed E-state index contributed by atoms with van der Waals surface area (Å²) in [6, 6.07) is 8.74. The molecule has 1 atom stereocenters. The molecule has 2 heterocycles. The van der Waals surface area contributed by atoms with Crippen LogP contribution in [-0.2, 0) is 21.1 Å². The van der Waals surface area contributed by atoms with Gasteiger partial charge in [-0.15, -0.1) is 0 Å². The Morgan fingerprint density at radius 2 is 2.08 bits per heavy atom. The molecule has 1 aliphatic heterocycles. The van der Waals surface area contributed by atoms with E-state index in [1.807, 2.05) is 19.1 Å². The van der Waals surface area contributed by atoms with Crippen LogP contribution in [0, 0.1) is 0 Å². The molecule has 0 spiro atoms. The van der Waals surface area contributed by atoms with Gasteiger partial charge in [-0.3, -0.25) is 9.78 Å². The normalized spacial score (nSPS) is 15.7. The van der Waals surface area contributed by atoms with Crippen molar-refractivity contribution < 1.29 is 13.2 Å². The summed E-state index contributed by atoms with van der Waals surface area (Å²) in [7, 11) is -3.25. The van der Waals surface area contributed by atoms with Crippen molar-refractivity contribution in [3.8, 4) is 0 Å². The number of sulfone groups is 1. The van der Waals surface area contributed by atoms with Crippen molar-refractivity contribution in [1.82, 2.24) is 4.98 Å². The number of anilines is 1. The fourth-order valence-electron chi connectivity index (χ4n) is 3.04. The number of nitrogens with zero attached hydrogens (tertiary/aromatic N) is 2. The van der Waals surface area contributed by atoms with Gasteiger partial charge in [0.2, 0.25) is 5.91 Å². The molecule has 2 aromatic rings. The van der Waals surface area contributed by atoms with Crippen LogP contribution in [0.3, 0.4) is 0 Å². The third-order valence-corrected chi connectivity index (χ3v) is 5.53. The molecule has 1 aromatic heterocycles. The lowest BCUT2D eigenvalue weighted by molar-refractivity contribution is -0.119. The Kier molecular flexibility index (Phi) is 4.41. The van der Waals surface area contributed by atoms with Crippen LogP contribution in [0.1, 0.15) is 30.4 Å². The van der Waals surface area contributed by atoms with Crippen LogP contribution in [0.25, 0.3) is 0 Å². The van der Waals surface area contributed by atoms with E-state index in [1.165, 1.54) is 6.26 Å². The number of carbonyl (C=O) groups excluding carboxylic acids is 1. The zero-order valence-corrected chi connectivity index (χ0v) is 14.6. The molecule has 126 valence electrons. The Bertz CT molecular complexity index is 863. The largest absolute Gasteiger partial charge is 0.312 e. The van der Waals surface area contributed by atoms with Crippen molar-refractivity contribution in [2.24, 2.45) is 0 Å². The monoisotopic (exact) mass is 344 g/mol. The van der Waals surface area contributed by atoms with E-state index in [4.69, 9.17) is 0 Å². The predicted octanol–water partition coefficient (Wildman–Crippen LogP) is 2.57. The SMILES string of the molecule is CC(C(=O)N1CCCc2cc(S(C)(=O)=O)ccc21)c1cccnc1. The first-order valence-corrected chi connectivity index (χ1v) is 9.81. The number of pyridine rings is 1. The third kappa shape index (κ3) is 3.19. The summed E-state index contributed by atoms with van der Waals surface area (Å²) in [5.74, 6) is -0.282. The van der Waals surface area contributed by atoms with Crippen LogP contribution in [0.4, 0.5) is 5.69 Å². The van der Waals surface area contributed by atoms with Gasteiger partial charge < -0.3 is 4.90 Å². The summed E-state index contributed by atoms with van der Waals surface area (Å²) < 4.78 is 23.5. The summed E-state index contributed by atoms with van der Waals surface area (Å²) in [6.45, 7) is 2.52. The summed E-state index contributed by atoms with van der Waals surface area (Å²) in [6.07, 6.45) is 6.20. The highest BCUT2D eigenvalue weighted by molar-refractivity contribution is 7.90. The number of hydrogen-bond acceptors (Lipinski definition) is 4. The molecule has 1 aromatic carbocycles. The van der Waals surface area contributed by atoms with E-state index in [9.17, 15) is 13.2 Å². The first-order chi connectivity index (χ1) is 11.4. The van der Waals surface area contributed by atoms with Crippen LogP contribution in [0.5, 0.6) is 0 Å². The number of benzene rings is 1. The predicted molar refractivity (Wildman–Crippen MR) is 92.9 cm³/mol. The topological polar surface area (TPSA) is 67.3 Å². The second kappa shape index (κ2) is 6.36. The van der Waals surface area contributed by atoms with Gasteiger partial charge in [-0.05, 0) is 55.2 Å². The molecular weight excluding hydrogens is 324 g/mol. The van der Waals surface area contributed by atoms with Crippen molar-refractivity contribution in [1.29, 1.82) is 0 Å². The fraction of sp³-hybridized carbons (Fsp3) is 0.333. The smallest absolute Gasteiger partial charge is 0.234 e. The Labute approximate surface area is 142 Å². The van der Waals surface area contributed by atoms with Gasteiger partial charge in [-0.25, -0.2) is 8.42 Å². The minimum absolute atomic E-state index is 0.0102. The molecule has 0 fully saturated rings. The van der Waals surface area contributed by atoms with Gasteiger partial charge >= 0.3 is 0 Å². The molecular formula is C18H20N2O3S. The molecule has 6 heteroatoms. The maximum atomic E-state index is 12.9. The van der Waals surface area contributed by atoms with Gasteiger partial charge in [0, 0.05) is 30.9 Å². The first kappa shape index (κ1) is 16.6. The molecule has 1 unspecified atom stereocenters. The molecule has 0 saturated heterocycles.